The normalized spacial score (nSPS) is 10.2. The Kier molecular flexibility index (Phi) is 2.97. The number of rotatable bonds is 3. The second-order valence-electron chi connectivity index (χ2n) is 3.01. The maximum absolute atomic E-state index is 10.1. The van der Waals surface area contributed by atoms with Crippen LogP contribution in [0, 0.1) is 0 Å². The minimum atomic E-state index is 0.277. The Morgan fingerprint density at radius 3 is 3.07 bits per heavy atom. The number of aromatic nitrogens is 1. The lowest BCUT2D eigenvalue weighted by atomic mass is 10.1. The van der Waals surface area contributed by atoms with E-state index in [0.29, 0.717) is 6.47 Å². The van der Waals surface area contributed by atoms with Crippen LogP contribution in [0.1, 0.15) is 5.56 Å². The fraction of sp³-hybridized carbons (Fsp3) is 0.0909. The van der Waals surface area contributed by atoms with Crippen molar-refractivity contribution in [3.8, 4) is 0 Å². The first kappa shape index (κ1) is 10.1. The zero-order chi connectivity index (χ0) is 10.7. The first-order chi connectivity index (χ1) is 7.33. The van der Waals surface area contributed by atoms with Gasteiger partial charge in [0.15, 0.2) is 0 Å². The first-order valence-corrected chi connectivity index (χ1v) is 5.19. The molecule has 0 atom stereocenters. The molecule has 4 heteroatoms. The zero-order valence-corrected chi connectivity index (χ0v) is 9.40. The van der Waals surface area contributed by atoms with Crippen molar-refractivity contribution in [2.75, 3.05) is 0 Å². The average molecular weight is 266 g/mol. The molecule has 0 aliphatic carbocycles. The van der Waals surface area contributed by atoms with Crippen LogP contribution in [0.3, 0.4) is 0 Å². The lowest BCUT2D eigenvalue weighted by molar-refractivity contribution is -0.129. The van der Waals surface area contributed by atoms with Crippen LogP contribution in [0.2, 0.25) is 0 Å². The molecule has 0 bridgehead atoms. The number of carbonyl (C=O) groups is 1. The molecule has 0 fully saturated rings. The third-order valence-electron chi connectivity index (χ3n) is 2.12. The van der Waals surface area contributed by atoms with Gasteiger partial charge in [0.2, 0.25) is 0 Å². The number of nitrogens with zero attached hydrogens (tertiary/aromatic N) is 1. The number of fused-ring (bicyclic) bond motifs is 1. The van der Waals surface area contributed by atoms with Crippen LogP contribution in [0.25, 0.3) is 10.9 Å². The van der Waals surface area contributed by atoms with E-state index >= 15 is 0 Å². The van der Waals surface area contributed by atoms with Crippen molar-refractivity contribution in [1.82, 2.24) is 4.98 Å². The maximum Gasteiger partial charge on any atom is 0.293 e. The molecule has 1 heterocycles. The molecule has 2 aromatic rings. The van der Waals surface area contributed by atoms with E-state index in [1.165, 1.54) is 0 Å². The van der Waals surface area contributed by atoms with Crippen molar-refractivity contribution in [1.29, 1.82) is 0 Å². The fourth-order valence-electron chi connectivity index (χ4n) is 1.45. The number of hydrogen-bond acceptors (Lipinski definition) is 3. The SMILES string of the molecule is O=COCc1ccc(Br)c2ncccc12. The standard InChI is InChI=1S/C11H8BrNO2/c12-10-4-3-8(6-15-7-14)9-2-1-5-13-11(9)10/h1-5,7H,6H2. The highest BCUT2D eigenvalue weighted by molar-refractivity contribution is 9.10. The van der Waals surface area contributed by atoms with E-state index in [1.807, 2.05) is 24.3 Å². The van der Waals surface area contributed by atoms with Gasteiger partial charge < -0.3 is 4.74 Å². The van der Waals surface area contributed by atoms with E-state index in [0.717, 1.165) is 20.9 Å². The van der Waals surface area contributed by atoms with Gasteiger partial charge in [0.25, 0.3) is 6.47 Å². The number of ether oxygens (including phenoxy) is 1. The summed E-state index contributed by atoms with van der Waals surface area (Å²) in [5.41, 5.74) is 1.83. The number of benzene rings is 1. The second-order valence-corrected chi connectivity index (χ2v) is 3.87. The minimum Gasteiger partial charge on any atom is -0.463 e. The van der Waals surface area contributed by atoms with E-state index in [4.69, 9.17) is 4.74 Å². The highest BCUT2D eigenvalue weighted by atomic mass is 79.9. The molecule has 0 spiro atoms. The summed E-state index contributed by atoms with van der Waals surface area (Å²) < 4.78 is 5.68. The molecule has 15 heavy (non-hydrogen) atoms. The summed E-state index contributed by atoms with van der Waals surface area (Å²) in [6, 6.07) is 7.63. The predicted octanol–water partition coefficient (Wildman–Crippen LogP) is 2.67. The van der Waals surface area contributed by atoms with Gasteiger partial charge in [-0.2, -0.15) is 0 Å². The molecule has 1 aromatic carbocycles. The molecule has 1 aromatic heterocycles. The molecular weight excluding hydrogens is 258 g/mol. The molecule has 0 aliphatic rings. The van der Waals surface area contributed by atoms with Crippen molar-refractivity contribution in [3.63, 3.8) is 0 Å². The van der Waals surface area contributed by atoms with E-state index in [1.54, 1.807) is 6.20 Å². The largest absolute Gasteiger partial charge is 0.463 e. The Hall–Kier alpha value is -1.42. The third-order valence-corrected chi connectivity index (χ3v) is 2.76. The minimum absolute atomic E-state index is 0.277. The summed E-state index contributed by atoms with van der Waals surface area (Å²) in [6.45, 7) is 0.725. The van der Waals surface area contributed by atoms with E-state index in [-0.39, 0.29) is 6.61 Å². The Labute approximate surface area is 95.2 Å². The Morgan fingerprint density at radius 1 is 1.40 bits per heavy atom. The Bertz CT molecular complexity index is 499. The van der Waals surface area contributed by atoms with Crippen molar-refractivity contribution in [3.05, 3.63) is 40.5 Å². The molecular formula is C11H8BrNO2. The first-order valence-electron chi connectivity index (χ1n) is 4.40. The van der Waals surface area contributed by atoms with Gasteiger partial charge >= 0.3 is 0 Å². The molecule has 0 radical (unpaired) electrons. The van der Waals surface area contributed by atoms with Crippen LogP contribution in [0.4, 0.5) is 0 Å². The van der Waals surface area contributed by atoms with Gasteiger partial charge in [0, 0.05) is 16.1 Å². The van der Waals surface area contributed by atoms with Gasteiger partial charge in [-0.25, -0.2) is 0 Å². The molecule has 0 saturated carbocycles. The zero-order valence-electron chi connectivity index (χ0n) is 7.81. The highest BCUT2D eigenvalue weighted by Crippen LogP contribution is 2.25. The molecule has 0 aliphatic heterocycles. The van der Waals surface area contributed by atoms with Crippen molar-refractivity contribution in [2.24, 2.45) is 0 Å². The van der Waals surface area contributed by atoms with E-state index in [2.05, 4.69) is 20.9 Å². The number of carbonyl (C=O) groups excluding carboxylic acids is 1. The van der Waals surface area contributed by atoms with Gasteiger partial charge in [0.1, 0.15) is 6.61 Å². The Balaban J connectivity index is 2.56. The number of hydrogen-bond donors (Lipinski definition) is 0. The van der Waals surface area contributed by atoms with E-state index < -0.39 is 0 Å². The molecule has 0 N–H and O–H groups in total. The summed E-state index contributed by atoms with van der Waals surface area (Å²) in [4.78, 5) is 14.4. The summed E-state index contributed by atoms with van der Waals surface area (Å²) in [5, 5.41) is 0.994. The van der Waals surface area contributed by atoms with Crippen LogP contribution >= 0.6 is 15.9 Å². The van der Waals surface area contributed by atoms with Gasteiger partial charge in [0.05, 0.1) is 5.52 Å². The van der Waals surface area contributed by atoms with E-state index in [9.17, 15) is 4.79 Å². The van der Waals surface area contributed by atoms with Gasteiger partial charge in [-0.3, -0.25) is 9.78 Å². The summed E-state index contributed by atoms with van der Waals surface area (Å²) in [7, 11) is 0. The molecule has 3 nitrogen and oxygen atoms in total. The maximum atomic E-state index is 10.1. The number of halogens is 1. The summed E-state index contributed by atoms with van der Waals surface area (Å²) >= 11 is 3.43. The van der Waals surface area contributed by atoms with Crippen LogP contribution in [0.15, 0.2) is 34.9 Å². The average Bonchev–Trinajstić information content (AvgIpc) is 2.29. The lowest BCUT2D eigenvalue weighted by Gasteiger charge is -2.05. The number of pyridine rings is 1. The van der Waals surface area contributed by atoms with Crippen LogP contribution in [0.5, 0.6) is 0 Å². The van der Waals surface area contributed by atoms with Crippen LogP contribution in [-0.2, 0) is 16.1 Å². The summed E-state index contributed by atoms with van der Waals surface area (Å²) in [6.07, 6.45) is 1.73. The monoisotopic (exact) mass is 265 g/mol. The molecule has 76 valence electrons. The van der Waals surface area contributed by atoms with Gasteiger partial charge in [-0.1, -0.05) is 12.1 Å². The molecule has 0 amide bonds. The predicted molar refractivity (Wildman–Crippen MR) is 60.3 cm³/mol. The van der Waals surface area contributed by atoms with Crippen molar-refractivity contribution < 1.29 is 9.53 Å². The second kappa shape index (κ2) is 4.40. The topological polar surface area (TPSA) is 39.2 Å². The smallest absolute Gasteiger partial charge is 0.293 e. The Morgan fingerprint density at radius 2 is 2.27 bits per heavy atom. The lowest BCUT2D eigenvalue weighted by Crippen LogP contribution is -1.92. The van der Waals surface area contributed by atoms with Crippen LogP contribution < -0.4 is 0 Å². The van der Waals surface area contributed by atoms with Crippen LogP contribution in [-0.4, -0.2) is 11.5 Å². The van der Waals surface area contributed by atoms with Crippen molar-refractivity contribution in [2.45, 2.75) is 6.61 Å². The van der Waals surface area contributed by atoms with Gasteiger partial charge in [-0.05, 0) is 33.6 Å². The molecule has 0 saturated heterocycles. The third kappa shape index (κ3) is 1.99. The molecule has 0 unspecified atom stereocenters. The van der Waals surface area contributed by atoms with Gasteiger partial charge in [-0.15, -0.1) is 0 Å². The quantitative estimate of drug-likeness (QED) is 0.802. The molecule has 2 rings (SSSR count). The van der Waals surface area contributed by atoms with Crippen molar-refractivity contribution >= 4 is 33.3 Å². The fourth-order valence-corrected chi connectivity index (χ4v) is 1.89. The highest BCUT2D eigenvalue weighted by Gasteiger charge is 2.04. The summed E-state index contributed by atoms with van der Waals surface area (Å²) in [5.74, 6) is 0.